The topological polar surface area (TPSA) is 28.2 Å². The summed E-state index contributed by atoms with van der Waals surface area (Å²) in [7, 11) is 0. The quantitative estimate of drug-likeness (QED) is 0.925. The van der Waals surface area contributed by atoms with E-state index in [1.54, 1.807) is 0 Å². The van der Waals surface area contributed by atoms with E-state index in [1.165, 1.54) is 11.1 Å². The Labute approximate surface area is 120 Å². The van der Waals surface area contributed by atoms with E-state index in [9.17, 15) is 0 Å². The second-order valence-electron chi connectivity index (χ2n) is 5.30. The summed E-state index contributed by atoms with van der Waals surface area (Å²) in [5, 5.41) is 3.43. The van der Waals surface area contributed by atoms with Gasteiger partial charge in [-0.2, -0.15) is 0 Å². The van der Waals surface area contributed by atoms with Gasteiger partial charge in [-0.3, -0.25) is 9.88 Å². The minimum absolute atomic E-state index is 0.263. The third kappa shape index (κ3) is 2.74. The van der Waals surface area contributed by atoms with Gasteiger partial charge in [0.25, 0.3) is 0 Å². The van der Waals surface area contributed by atoms with Gasteiger partial charge in [-0.1, -0.05) is 30.3 Å². The number of aryl methyl sites for hydroxylation is 1. The van der Waals surface area contributed by atoms with Crippen LogP contribution in [0.25, 0.3) is 0 Å². The molecule has 1 aromatic heterocycles. The van der Waals surface area contributed by atoms with Crippen molar-refractivity contribution in [1.82, 2.24) is 15.2 Å². The summed E-state index contributed by atoms with van der Waals surface area (Å²) in [6.45, 7) is 6.42. The number of nitrogens with zero attached hydrogens (tertiary/aromatic N) is 2. The molecule has 104 valence electrons. The van der Waals surface area contributed by atoms with Gasteiger partial charge in [-0.15, -0.1) is 0 Å². The second-order valence-corrected chi connectivity index (χ2v) is 5.30. The molecular formula is C17H21N3. The minimum Gasteiger partial charge on any atom is -0.314 e. The standard InChI is InChI=1S/C17H21N3/c1-14-6-2-3-7-15(14)17(16-8-4-5-9-19-16)20-12-10-18-11-13-20/h2-9,17-18H,10-13H2,1H3. The number of nitrogens with one attached hydrogen (secondary N) is 1. The molecule has 20 heavy (non-hydrogen) atoms. The molecule has 1 fully saturated rings. The van der Waals surface area contributed by atoms with Crippen molar-refractivity contribution >= 4 is 0 Å². The van der Waals surface area contributed by atoms with Gasteiger partial charge in [-0.25, -0.2) is 0 Å². The van der Waals surface area contributed by atoms with Crippen molar-refractivity contribution in [3.8, 4) is 0 Å². The van der Waals surface area contributed by atoms with Crippen LogP contribution in [0.1, 0.15) is 22.9 Å². The molecule has 2 heterocycles. The first-order valence-corrected chi connectivity index (χ1v) is 7.27. The zero-order valence-corrected chi connectivity index (χ0v) is 11.9. The Bertz CT molecular complexity index is 547. The van der Waals surface area contributed by atoms with Gasteiger partial charge < -0.3 is 5.32 Å². The fourth-order valence-electron chi connectivity index (χ4n) is 2.91. The van der Waals surface area contributed by atoms with Crippen LogP contribution in [-0.2, 0) is 0 Å². The number of rotatable bonds is 3. The van der Waals surface area contributed by atoms with E-state index in [0.29, 0.717) is 0 Å². The summed E-state index contributed by atoms with van der Waals surface area (Å²) < 4.78 is 0. The van der Waals surface area contributed by atoms with Crippen molar-refractivity contribution in [2.24, 2.45) is 0 Å². The molecule has 0 amide bonds. The van der Waals surface area contributed by atoms with Gasteiger partial charge >= 0.3 is 0 Å². The molecule has 1 unspecified atom stereocenters. The van der Waals surface area contributed by atoms with Crippen LogP contribution in [-0.4, -0.2) is 36.1 Å². The summed E-state index contributed by atoms with van der Waals surface area (Å²) in [5.41, 5.74) is 3.85. The van der Waals surface area contributed by atoms with Crippen LogP contribution in [0.5, 0.6) is 0 Å². The van der Waals surface area contributed by atoms with Crippen molar-refractivity contribution in [1.29, 1.82) is 0 Å². The van der Waals surface area contributed by atoms with Gasteiger partial charge in [0.05, 0.1) is 11.7 Å². The summed E-state index contributed by atoms with van der Waals surface area (Å²) in [4.78, 5) is 7.14. The predicted molar refractivity (Wildman–Crippen MR) is 81.7 cm³/mol. The molecule has 1 atom stereocenters. The zero-order valence-electron chi connectivity index (χ0n) is 11.9. The monoisotopic (exact) mass is 267 g/mol. The minimum atomic E-state index is 0.263. The first-order valence-electron chi connectivity index (χ1n) is 7.27. The van der Waals surface area contributed by atoms with Crippen LogP contribution < -0.4 is 5.32 Å². The van der Waals surface area contributed by atoms with E-state index in [2.05, 4.69) is 58.5 Å². The Hall–Kier alpha value is -1.71. The van der Waals surface area contributed by atoms with Crippen LogP contribution in [0.3, 0.4) is 0 Å². The van der Waals surface area contributed by atoms with E-state index < -0.39 is 0 Å². The van der Waals surface area contributed by atoms with Crippen LogP contribution in [0, 0.1) is 6.92 Å². The van der Waals surface area contributed by atoms with Crippen molar-refractivity contribution in [2.75, 3.05) is 26.2 Å². The maximum atomic E-state index is 4.61. The van der Waals surface area contributed by atoms with Crippen LogP contribution in [0.4, 0.5) is 0 Å². The van der Waals surface area contributed by atoms with Crippen LogP contribution in [0.2, 0.25) is 0 Å². The maximum Gasteiger partial charge on any atom is 0.0779 e. The lowest BCUT2D eigenvalue weighted by atomic mass is 9.96. The molecule has 0 radical (unpaired) electrons. The highest BCUT2D eigenvalue weighted by molar-refractivity contribution is 5.34. The van der Waals surface area contributed by atoms with Gasteiger partial charge in [0.15, 0.2) is 0 Å². The molecule has 0 bridgehead atoms. The molecule has 0 aliphatic carbocycles. The summed E-state index contributed by atoms with van der Waals surface area (Å²) in [5.74, 6) is 0. The lowest BCUT2D eigenvalue weighted by Crippen LogP contribution is -2.45. The molecule has 1 aromatic carbocycles. The smallest absolute Gasteiger partial charge is 0.0779 e. The lowest BCUT2D eigenvalue weighted by Gasteiger charge is -2.35. The molecule has 3 rings (SSSR count). The van der Waals surface area contributed by atoms with Gasteiger partial charge in [0, 0.05) is 32.4 Å². The molecular weight excluding hydrogens is 246 g/mol. The highest BCUT2D eigenvalue weighted by atomic mass is 15.2. The SMILES string of the molecule is Cc1ccccc1C(c1ccccn1)N1CCNCC1. The Balaban J connectivity index is 2.01. The maximum absolute atomic E-state index is 4.61. The molecule has 2 aromatic rings. The molecule has 3 heteroatoms. The Morgan fingerprint density at radius 2 is 1.80 bits per heavy atom. The normalized spacial score (nSPS) is 17.9. The fraction of sp³-hybridized carbons (Fsp3) is 0.353. The number of aromatic nitrogens is 1. The van der Waals surface area contributed by atoms with Gasteiger partial charge in [0.2, 0.25) is 0 Å². The van der Waals surface area contributed by atoms with E-state index in [-0.39, 0.29) is 6.04 Å². The highest BCUT2D eigenvalue weighted by Gasteiger charge is 2.25. The lowest BCUT2D eigenvalue weighted by molar-refractivity contribution is 0.195. The second kappa shape index (κ2) is 6.16. The fourth-order valence-corrected chi connectivity index (χ4v) is 2.91. The molecule has 1 aliphatic rings. The molecule has 0 spiro atoms. The van der Waals surface area contributed by atoms with Crippen LogP contribution >= 0.6 is 0 Å². The molecule has 3 nitrogen and oxygen atoms in total. The Kier molecular flexibility index (Phi) is 4.09. The van der Waals surface area contributed by atoms with Crippen molar-refractivity contribution in [3.05, 3.63) is 65.5 Å². The van der Waals surface area contributed by atoms with E-state index >= 15 is 0 Å². The molecule has 0 saturated carbocycles. The van der Waals surface area contributed by atoms with Crippen LogP contribution in [0.15, 0.2) is 48.7 Å². The highest BCUT2D eigenvalue weighted by Crippen LogP contribution is 2.29. The average Bonchev–Trinajstić information content (AvgIpc) is 2.52. The number of hydrogen-bond acceptors (Lipinski definition) is 3. The molecule has 1 N–H and O–H groups in total. The average molecular weight is 267 g/mol. The van der Waals surface area contributed by atoms with Crippen molar-refractivity contribution < 1.29 is 0 Å². The zero-order chi connectivity index (χ0) is 13.8. The first kappa shape index (κ1) is 13.3. The number of piperazine rings is 1. The van der Waals surface area contributed by atoms with E-state index in [0.717, 1.165) is 31.9 Å². The van der Waals surface area contributed by atoms with Gasteiger partial charge in [-0.05, 0) is 30.2 Å². The Morgan fingerprint density at radius 3 is 2.50 bits per heavy atom. The molecule has 1 saturated heterocycles. The summed E-state index contributed by atoms with van der Waals surface area (Å²) >= 11 is 0. The largest absolute Gasteiger partial charge is 0.314 e. The van der Waals surface area contributed by atoms with E-state index in [4.69, 9.17) is 0 Å². The Morgan fingerprint density at radius 1 is 1.05 bits per heavy atom. The summed E-state index contributed by atoms with van der Waals surface area (Å²) in [6, 6.07) is 15.1. The first-order chi connectivity index (χ1) is 9.86. The van der Waals surface area contributed by atoms with E-state index in [1.807, 2.05) is 12.3 Å². The summed E-state index contributed by atoms with van der Waals surface area (Å²) in [6.07, 6.45) is 1.89. The molecule has 1 aliphatic heterocycles. The number of pyridine rings is 1. The predicted octanol–water partition coefficient (Wildman–Crippen LogP) is 2.38. The number of hydrogen-bond donors (Lipinski definition) is 1. The van der Waals surface area contributed by atoms with Crippen molar-refractivity contribution in [3.63, 3.8) is 0 Å². The number of benzene rings is 1. The van der Waals surface area contributed by atoms with Gasteiger partial charge in [0.1, 0.15) is 0 Å². The van der Waals surface area contributed by atoms with Crippen molar-refractivity contribution in [2.45, 2.75) is 13.0 Å². The third-order valence-corrected chi connectivity index (χ3v) is 3.97. The third-order valence-electron chi connectivity index (χ3n) is 3.97.